The smallest absolute Gasteiger partial charge is 0.250 e. The quantitative estimate of drug-likeness (QED) is 0.757. The Kier molecular flexibility index (Phi) is 6.53. The van der Waals surface area contributed by atoms with Gasteiger partial charge in [0.2, 0.25) is 11.8 Å². The van der Waals surface area contributed by atoms with Crippen LogP contribution in [0.25, 0.3) is 0 Å². The highest BCUT2D eigenvalue weighted by molar-refractivity contribution is 6.00. The number of rotatable bonds is 8. The number of aromatic nitrogens is 2. The summed E-state index contributed by atoms with van der Waals surface area (Å²) in [6.45, 7) is -0.0690. The van der Waals surface area contributed by atoms with E-state index in [0.29, 0.717) is 30.0 Å². The van der Waals surface area contributed by atoms with Gasteiger partial charge in [0.05, 0.1) is 24.7 Å². The van der Waals surface area contributed by atoms with E-state index in [9.17, 15) is 9.59 Å². The van der Waals surface area contributed by atoms with Crippen LogP contribution in [0.1, 0.15) is 12.0 Å². The maximum Gasteiger partial charge on any atom is 0.250 e. The van der Waals surface area contributed by atoms with Gasteiger partial charge >= 0.3 is 0 Å². The summed E-state index contributed by atoms with van der Waals surface area (Å²) in [5.74, 6) is 0.102. The zero-order chi connectivity index (χ0) is 18.2. The van der Waals surface area contributed by atoms with Gasteiger partial charge in [0, 0.05) is 32.8 Å². The number of benzene rings is 1. The molecule has 0 bridgehead atoms. The number of carbonyl (C=O) groups excluding carboxylic acids is 2. The minimum absolute atomic E-state index is 0.0690. The number of amides is 2. The number of nitrogens with zero attached hydrogens (tertiary/aromatic N) is 2. The molecule has 1 aromatic carbocycles. The van der Waals surface area contributed by atoms with Crippen molar-refractivity contribution in [3.8, 4) is 5.75 Å². The van der Waals surface area contributed by atoms with E-state index in [0.717, 1.165) is 5.56 Å². The molecule has 2 N–H and O–H groups in total. The maximum atomic E-state index is 12.2. The highest BCUT2D eigenvalue weighted by atomic mass is 16.5. The summed E-state index contributed by atoms with van der Waals surface area (Å²) >= 11 is 0. The Balaban J connectivity index is 2.04. The summed E-state index contributed by atoms with van der Waals surface area (Å²) in [7, 11) is 4.80. The molecule has 2 amide bonds. The zero-order valence-electron chi connectivity index (χ0n) is 14.5. The van der Waals surface area contributed by atoms with Gasteiger partial charge in [-0.1, -0.05) is 0 Å². The van der Waals surface area contributed by atoms with Crippen LogP contribution in [-0.4, -0.2) is 42.4 Å². The van der Waals surface area contributed by atoms with Crippen LogP contribution in [0.4, 0.5) is 11.4 Å². The van der Waals surface area contributed by atoms with Crippen LogP contribution in [0.5, 0.6) is 5.75 Å². The molecule has 0 aliphatic rings. The lowest BCUT2D eigenvalue weighted by atomic mass is 10.2. The minimum atomic E-state index is -0.307. The Morgan fingerprint density at radius 2 is 1.92 bits per heavy atom. The Morgan fingerprint density at radius 3 is 2.56 bits per heavy atom. The Bertz CT molecular complexity index is 742. The van der Waals surface area contributed by atoms with E-state index >= 15 is 0 Å². The molecule has 25 heavy (non-hydrogen) atoms. The largest absolute Gasteiger partial charge is 0.497 e. The Morgan fingerprint density at radius 1 is 1.16 bits per heavy atom. The second-order valence-corrected chi connectivity index (χ2v) is 5.46. The molecule has 0 aliphatic heterocycles. The summed E-state index contributed by atoms with van der Waals surface area (Å²) < 4.78 is 11.7. The standard InChI is InChI=1S/C17H22N4O4/c1-21-10-12(9-18-21)4-7-16(22)20-15-8-13(25-3)5-6-14(15)19-17(23)11-24-2/h5-6,8-10H,4,7,11H2,1-3H3,(H,19,23)(H,20,22). The molecule has 0 saturated carbocycles. The third kappa shape index (κ3) is 5.61. The van der Waals surface area contributed by atoms with E-state index in [1.54, 1.807) is 29.1 Å². The third-order valence-corrected chi connectivity index (χ3v) is 3.45. The van der Waals surface area contributed by atoms with Crippen LogP contribution in [0.3, 0.4) is 0 Å². The number of anilines is 2. The first-order valence-electron chi connectivity index (χ1n) is 7.76. The predicted octanol–water partition coefficient (Wildman–Crippen LogP) is 1.58. The highest BCUT2D eigenvalue weighted by Crippen LogP contribution is 2.27. The normalized spacial score (nSPS) is 10.4. The molecular weight excluding hydrogens is 324 g/mol. The number of hydrogen-bond donors (Lipinski definition) is 2. The number of carbonyl (C=O) groups is 2. The van der Waals surface area contributed by atoms with Crippen molar-refractivity contribution in [2.75, 3.05) is 31.5 Å². The number of methoxy groups -OCH3 is 2. The molecule has 2 aromatic rings. The van der Waals surface area contributed by atoms with Gasteiger partial charge in [-0.3, -0.25) is 14.3 Å². The van der Waals surface area contributed by atoms with E-state index in [-0.39, 0.29) is 18.4 Å². The van der Waals surface area contributed by atoms with E-state index < -0.39 is 0 Å². The van der Waals surface area contributed by atoms with Gasteiger partial charge in [-0.15, -0.1) is 0 Å². The van der Waals surface area contributed by atoms with Crippen molar-refractivity contribution in [2.24, 2.45) is 7.05 Å². The first kappa shape index (κ1) is 18.5. The molecule has 0 aliphatic carbocycles. The lowest BCUT2D eigenvalue weighted by Gasteiger charge is -2.13. The molecule has 0 unspecified atom stereocenters. The van der Waals surface area contributed by atoms with Crippen molar-refractivity contribution >= 4 is 23.2 Å². The van der Waals surface area contributed by atoms with Gasteiger partial charge in [-0.05, 0) is 24.1 Å². The maximum absolute atomic E-state index is 12.2. The summed E-state index contributed by atoms with van der Waals surface area (Å²) in [6, 6.07) is 5.03. The van der Waals surface area contributed by atoms with Crippen LogP contribution >= 0.6 is 0 Å². The summed E-state index contributed by atoms with van der Waals surface area (Å²) in [5, 5.41) is 9.58. The highest BCUT2D eigenvalue weighted by Gasteiger charge is 2.12. The number of nitrogens with one attached hydrogen (secondary N) is 2. The van der Waals surface area contributed by atoms with E-state index in [2.05, 4.69) is 15.7 Å². The Labute approximate surface area is 146 Å². The SMILES string of the molecule is COCC(=O)Nc1ccc(OC)cc1NC(=O)CCc1cnn(C)c1. The average Bonchev–Trinajstić information content (AvgIpc) is 3.00. The molecular formula is C17H22N4O4. The topological polar surface area (TPSA) is 94.5 Å². The molecule has 0 spiro atoms. The first-order valence-corrected chi connectivity index (χ1v) is 7.76. The molecule has 0 atom stereocenters. The summed E-state index contributed by atoms with van der Waals surface area (Å²) in [5.41, 5.74) is 1.94. The van der Waals surface area contributed by atoms with Crippen LogP contribution in [0.2, 0.25) is 0 Å². The van der Waals surface area contributed by atoms with Gasteiger partial charge in [0.15, 0.2) is 0 Å². The molecule has 0 radical (unpaired) electrons. The second kappa shape index (κ2) is 8.84. The molecule has 1 heterocycles. The molecule has 2 rings (SSSR count). The van der Waals surface area contributed by atoms with Crippen molar-refractivity contribution in [3.05, 3.63) is 36.2 Å². The number of aryl methyl sites for hydroxylation is 2. The fourth-order valence-corrected chi connectivity index (χ4v) is 2.25. The van der Waals surface area contributed by atoms with Gasteiger partial charge in [-0.2, -0.15) is 5.10 Å². The zero-order valence-corrected chi connectivity index (χ0v) is 14.5. The molecule has 0 saturated heterocycles. The minimum Gasteiger partial charge on any atom is -0.497 e. The monoisotopic (exact) mass is 346 g/mol. The van der Waals surface area contributed by atoms with Gasteiger partial charge in [-0.25, -0.2) is 0 Å². The lowest BCUT2D eigenvalue weighted by Crippen LogP contribution is -2.19. The van der Waals surface area contributed by atoms with Crippen LogP contribution in [0.15, 0.2) is 30.6 Å². The Hall–Kier alpha value is -2.87. The molecule has 134 valence electrons. The predicted molar refractivity (Wildman–Crippen MR) is 93.7 cm³/mol. The van der Waals surface area contributed by atoms with E-state index in [4.69, 9.17) is 9.47 Å². The molecule has 8 heteroatoms. The second-order valence-electron chi connectivity index (χ2n) is 5.46. The van der Waals surface area contributed by atoms with Crippen molar-refractivity contribution in [1.82, 2.24) is 9.78 Å². The van der Waals surface area contributed by atoms with Crippen molar-refractivity contribution < 1.29 is 19.1 Å². The van der Waals surface area contributed by atoms with Crippen molar-refractivity contribution in [1.29, 1.82) is 0 Å². The molecule has 8 nitrogen and oxygen atoms in total. The van der Waals surface area contributed by atoms with Gasteiger partial charge < -0.3 is 20.1 Å². The summed E-state index contributed by atoms with van der Waals surface area (Å²) in [4.78, 5) is 24.0. The fourth-order valence-electron chi connectivity index (χ4n) is 2.25. The van der Waals surface area contributed by atoms with E-state index in [1.165, 1.54) is 14.2 Å². The van der Waals surface area contributed by atoms with Gasteiger partial charge in [0.25, 0.3) is 0 Å². The van der Waals surface area contributed by atoms with E-state index in [1.807, 2.05) is 13.2 Å². The number of ether oxygens (including phenoxy) is 2. The lowest BCUT2D eigenvalue weighted by molar-refractivity contribution is -0.119. The van der Waals surface area contributed by atoms with Crippen molar-refractivity contribution in [2.45, 2.75) is 12.8 Å². The van der Waals surface area contributed by atoms with Crippen molar-refractivity contribution in [3.63, 3.8) is 0 Å². The molecule has 0 fully saturated rings. The summed E-state index contributed by atoms with van der Waals surface area (Å²) in [6.07, 6.45) is 4.48. The fraction of sp³-hybridized carbons (Fsp3) is 0.353. The van der Waals surface area contributed by atoms with Gasteiger partial charge in [0.1, 0.15) is 12.4 Å². The van der Waals surface area contributed by atoms with Crippen LogP contribution in [0, 0.1) is 0 Å². The third-order valence-electron chi connectivity index (χ3n) is 3.45. The molecule has 1 aromatic heterocycles. The van der Waals surface area contributed by atoms with Crippen LogP contribution < -0.4 is 15.4 Å². The first-order chi connectivity index (χ1) is 12.0. The average molecular weight is 346 g/mol. The number of hydrogen-bond acceptors (Lipinski definition) is 5. The van der Waals surface area contributed by atoms with Crippen LogP contribution in [-0.2, 0) is 27.8 Å².